The van der Waals surface area contributed by atoms with E-state index in [4.69, 9.17) is 0 Å². The quantitative estimate of drug-likeness (QED) is 0.888. The fraction of sp³-hybridized carbons (Fsp3) is 0.733. The van der Waals surface area contributed by atoms with E-state index in [9.17, 15) is 0 Å². The van der Waals surface area contributed by atoms with Crippen LogP contribution in [-0.2, 0) is 0 Å². The highest BCUT2D eigenvalue weighted by atomic mass is 15.0. The number of hydrogen-bond donors (Lipinski definition) is 1. The van der Waals surface area contributed by atoms with Crippen molar-refractivity contribution in [3.63, 3.8) is 0 Å². The predicted octanol–water partition coefficient (Wildman–Crippen LogP) is 3.20. The third kappa shape index (κ3) is 3.29. The fourth-order valence-electron chi connectivity index (χ4n) is 3.49. The molecule has 0 aromatic carbocycles. The lowest BCUT2D eigenvalue weighted by Gasteiger charge is -2.36. The van der Waals surface area contributed by atoms with Gasteiger partial charge in [0, 0.05) is 18.6 Å². The summed E-state index contributed by atoms with van der Waals surface area (Å²) in [6.07, 6.45) is 9.44. The molecule has 1 fully saturated rings. The van der Waals surface area contributed by atoms with Crippen LogP contribution in [-0.4, -0.2) is 16.5 Å². The molecule has 3 nitrogen and oxygen atoms in total. The second-order valence-electron chi connectivity index (χ2n) is 5.84. The van der Waals surface area contributed by atoms with E-state index < -0.39 is 0 Å². The molecular formula is C15H25N3. The minimum atomic E-state index is 0.369. The van der Waals surface area contributed by atoms with Crippen LogP contribution in [0.4, 0.5) is 0 Å². The van der Waals surface area contributed by atoms with E-state index >= 15 is 0 Å². The second-order valence-corrected chi connectivity index (χ2v) is 5.84. The summed E-state index contributed by atoms with van der Waals surface area (Å²) in [4.78, 5) is 8.72. The maximum absolute atomic E-state index is 4.50. The molecule has 0 saturated heterocycles. The molecule has 0 bridgehead atoms. The number of hydrogen-bond acceptors (Lipinski definition) is 3. The Bertz CT molecular complexity index is 342. The molecule has 1 aliphatic rings. The summed E-state index contributed by atoms with van der Waals surface area (Å²) in [5.41, 5.74) is 1.10. The molecule has 18 heavy (non-hydrogen) atoms. The first-order valence-corrected chi connectivity index (χ1v) is 7.20. The summed E-state index contributed by atoms with van der Waals surface area (Å²) < 4.78 is 0. The molecule has 0 amide bonds. The first-order valence-electron chi connectivity index (χ1n) is 7.20. The molecule has 1 heterocycles. The van der Waals surface area contributed by atoms with Crippen molar-refractivity contribution in [3.05, 3.63) is 24.3 Å². The normalized spacial score (nSPS) is 30.1. The van der Waals surface area contributed by atoms with Crippen LogP contribution in [0.1, 0.15) is 51.8 Å². The lowest BCUT2D eigenvalue weighted by Crippen LogP contribution is -2.33. The first-order chi connectivity index (χ1) is 8.70. The minimum Gasteiger partial charge on any atom is -0.309 e. The zero-order valence-corrected chi connectivity index (χ0v) is 11.8. The molecule has 3 unspecified atom stereocenters. The highest BCUT2D eigenvalue weighted by Gasteiger charge is 2.31. The maximum Gasteiger partial charge on any atom is 0.0758 e. The van der Waals surface area contributed by atoms with Gasteiger partial charge in [-0.1, -0.05) is 20.8 Å². The minimum absolute atomic E-state index is 0.369. The summed E-state index contributed by atoms with van der Waals surface area (Å²) in [6.45, 7) is 7.91. The lowest BCUT2D eigenvalue weighted by molar-refractivity contribution is 0.175. The molecular weight excluding hydrogens is 222 g/mol. The second kappa shape index (κ2) is 6.28. The van der Waals surface area contributed by atoms with Crippen molar-refractivity contribution in [2.24, 2.45) is 17.8 Å². The van der Waals surface area contributed by atoms with Crippen LogP contribution in [0.3, 0.4) is 0 Å². The zero-order valence-electron chi connectivity index (χ0n) is 11.8. The Kier molecular flexibility index (Phi) is 4.70. The van der Waals surface area contributed by atoms with Crippen LogP contribution in [0.2, 0.25) is 0 Å². The number of nitrogens with one attached hydrogen (secondary N) is 1. The first kappa shape index (κ1) is 13.5. The summed E-state index contributed by atoms with van der Waals surface area (Å²) in [6, 6.07) is 0.369. The molecule has 3 atom stereocenters. The van der Waals surface area contributed by atoms with Crippen molar-refractivity contribution >= 4 is 0 Å². The molecule has 3 heteroatoms. The largest absolute Gasteiger partial charge is 0.309 e. The van der Waals surface area contributed by atoms with Gasteiger partial charge in [-0.2, -0.15) is 0 Å². The van der Waals surface area contributed by atoms with E-state index in [0.29, 0.717) is 12.0 Å². The van der Waals surface area contributed by atoms with Crippen molar-refractivity contribution in [3.8, 4) is 0 Å². The van der Waals surface area contributed by atoms with Crippen molar-refractivity contribution < 1.29 is 0 Å². The van der Waals surface area contributed by atoms with Gasteiger partial charge < -0.3 is 5.32 Å². The fourth-order valence-corrected chi connectivity index (χ4v) is 3.49. The van der Waals surface area contributed by atoms with E-state index in [1.165, 1.54) is 19.3 Å². The van der Waals surface area contributed by atoms with Crippen LogP contribution in [0.25, 0.3) is 0 Å². The number of rotatable bonds is 4. The average molecular weight is 247 g/mol. The SMILES string of the molecule is CCNC(c1cnccn1)C1CC(C)CC(C)C1. The molecule has 1 N–H and O–H groups in total. The molecule has 100 valence electrons. The topological polar surface area (TPSA) is 37.8 Å². The van der Waals surface area contributed by atoms with E-state index in [-0.39, 0.29) is 0 Å². The number of nitrogens with zero attached hydrogens (tertiary/aromatic N) is 2. The summed E-state index contributed by atoms with van der Waals surface area (Å²) in [7, 11) is 0. The van der Waals surface area contributed by atoms with E-state index in [2.05, 4.69) is 36.1 Å². The third-order valence-corrected chi connectivity index (χ3v) is 4.01. The zero-order chi connectivity index (χ0) is 13.0. The van der Waals surface area contributed by atoms with Gasteiger partial charge in [0.25, 0.3) is 0 Å². The van der Waals surface area contributed by atoms with Gasteiger partial charge in [-0.25, -0.2) is 0 Å². The predicted molar refractivity (Wildman–Crippen MR) is 74.1 cm³/mol. The molecule has 0 spiro atoms. The van der Waals surface area contributed by atoms with Crippen molar-refractivity contribution in [2.75, 3.05) is 6.54 Å². The van der Waals surface area contributed by atoms with E-state index in [1.807, 2.05) is 6.20 Å². The average Bonchev–Trinajstić information content (AvgIpc) is 2.36. The Hall–Kier alpha value is -0.960. The van der Waals surface area contributed by atoms with Gasteiger partial charge in [0.05, 0.1) is 11.7 Å². The smallest absolute Gasteiger partial charge is 0.0758 e. The molecule has 1 aliphatic carbocycles. The Morgan fingerprint density at radius 1 is 1.22 bits per heavy atom. The summed E-state index contributed by atoms with van der Waals surface area (Å²) >= 11 is 0. The lowest BCUT2D eigenvalue weighted by atomic mass is 9.73. The highest BCUT2D eigenvalue weighted by Crippen LogP contribution is 2.39. The van der Waals surface area contributed by atoms with Crippen LogP contribution >= 0.6 is 0 Å². The Balaban J connectivity index is 2.14. The van der Waals surface area contributed by atoms with Gasteiger partial charge in [-0.15, -0.1) is 0 Å². The molecule has 2 rings (SSSR count). The van der Waals surface area contributed by atoms with Gasteiger partial charge in [0.2, 0.25) is 0 Å². The van der Waals surface area contributed by atoms with Crippen LogP contribution in [0.15, 0.2) is 18.6 Å². The van der Waals surface area contributed by atoms with Gasteiger partial charge in [-0.05, 0) is 43.6 Å². The van der Waals surface area contributed by atoms with E-state index in [1.54, 1.807) is 12.4 Å². The Morgan fingerprint density at radius 3 is 2.50 bits per heavy atom. The maximum atomic E-state index is 4.50. The number of aromatic nitrogens is 2. The summed E-state index contributed by atoms with van der Waals surface area (Å²) in [5, 5.41) is 3.61. The summed E-state index contributed by atoms with van der Waals surface area (Å²) in [5.74, 6) is 2.36. The molecule has 1 saturated carbocycles. The molecule has 0 aliphatic heterocycles. The van der Waals surface area contributed by atoms with E-state index in [0.717, 1.165) is 24.1 Å². The highest BCUT2D eigenvalue weighted by molar-refractivity contribution is 5.05. The van der Waals surface area contributed by atoms with Crippen molar-refractivity contribution in [1.29, 1.82) is 0 Å². The monoisotopic (exact) mass is 247 g/mol. The van der Waals surface area contributed by atoms with Gasteiger partial charge in [0.15, 0.2) is 0 Å². The Morgan fingerprint density at radius 2 is 1.94 bits per heavy atom. The van der Waals surface area contributed by atoms with Crippen LogP contribution < -0.4 is 5.32 Å². The van der Waals surface area contributed by atoms with Crippen molar-refractivity contribution in [2.45, 2.75) is 46.1 Å². The van der Waals surface area contributed by atoms with Crippen molar-refractivity contribution in [1.82, 2.24) is 15.3 Å². The third-order valence-electron chi connectivity index (χ3n) is 4.01. The molecule has 1 aromatic rings. The van der Waals surface area contributed by atoms with Gasteiger partial charge >= 0.3 is 0 Å². The standard InChI is InChI=1S/C15H25N3/c1-4-17-15(14-10-16-5-6-18-14)13-8-11(2)7-12(3)9-13/h5-6,10-13,15,17H,4,7-9H2,1-3H3. The molecule has 1 aromatic heterocycles. The van der Waals surface area contributed by atoms with Gasteiger partial charge in [0.1, 0.15) is 0 Å². The Labute approximate surface area is 110 Å². The van der Waals surface area contributed by atoms with Crippen LogP contribution in [0, 0.1) is 17.8 Å². The van der Waals surface area contributed by atoms with Gasteiger partial charge in [-0.3, -0.25) is 9.97 Å². The molecule has 0 radical (unpaired) electrons. The van der Waals surface area contributed by atoms with Crippen LogP contribution in [0.5, 0.6) is 0 Å².